The molecule has 0 saturated carbocycles. The van der Waals surface area contributed by atoms with Crippen molar-refractivity contribution in [3.05, 3.63) is 41.5 Å². The van der Waals surface area contributed by atoms with Gasteiger partial charge in [0, 0.05) is 11.6 Å². The molecule has 0 aromatic heterocycles. The van der Waals surface area contributed by atoms with Gasteiger partial charge in [0.15, 0.2) is 18.1 Å². The minimum absolute atomic E-state index is 0.0291. The summed E-state index contributed by atoms with van der Waals surface area (Å²) >= 11 is 0. The summed E-state index contributed by atoms with van der Waals surface area (Å²) in [7, 11) is 2.73. The summed E-state index contributed by atoms with van der Waals surface area (Å²) in [4.78, 5) is 23.5. The van der Waals surface area contributed by atoms with Crippen LogP contribution in [0.25, 0.3) is 6.08 Å². The Morgan fingerprint density at radius 1 is 1.33 bits per heavy atom. The first kappa shape index (κ1) is 21.8. The maximum atomic E-state index is 12.1. The molecule has 0 spiro atoms. The van der Waals surface area contributed by atoms with Gasteiger partial charge in [-0.1, -0.05) is 6.08 Å². The standard InChI is InChI=1S/C20H24N2O5/c1-6-7-15-8-14(9-16(11-21)20(24)22-13(2)3)10-17(25-4)19(15)27-12-18(23)26-5/h6,8-10,13H,1,7,12H2,2-5H3,(H,22,24)/b16-9-. The second-order valence-corrected chi connectivity index (χ2v) is 5.87. The van der Waals surface area contributed by atoms with Crippen LogP contribution in [0.2, 0.25) is 0 Å². The van der Waals surface area contributed by atoms with E-state index in [0.717, 1.165) is 0 Å². The van der Waals surface area contributed by atoms with Gasteiger partial charge in [-0.05, 0) is 44.0 Å². The van der Waals surface area contributed by atoms with Crippen LogP contribution in [0.1, 0.15) is 25.0 Å². The first-order chi connectivity index (χ1) is 12.9. The summed E-state index contributed by atoms with van der Waals surface area (Å²) < 4.78 is 15.5. The molecule has 1 N–H and O–H groups in total. The maximum absolute atomic E-state index is 12.1. The molecule has 1 aromatic rings. The fraction of sp³-hybridized carbons (Fsp3) is 0.350. The summed E-state index contributed by atoms with van der Waals surface area (Å²) in [6, 6.07) is 5.18. The molecular weight excluding hydrogens is 348 g/mol. The minimum Gasteiger partial charge on any atom is -0.493 e. The number of nitrogens with zero attached hydrogens (tertiary/aromatic N) is 1. The van der Waals surface area contributed by atoms with E-state index in [1.54, 1.807) is 18.2 Å². The van der Waals surface area contributed by atoms with Crippen molar-refractivity contribution >= 4 is 18.0 Å². The molecule has 0 heterocycles. The second-order valence-electron chi connectivity index (χ2n) is 5.87. The molecule has 7 nitrogen and oxygen atoms in total. The lowest BCUT2D eigenvalue weighted by molar-refractivity contribution is -0.142. The Morgan fingerprint density at radius 3 is 2.56 bits per heavy atom. The second kappa shape index (κ2) is 10.7. The third kappa shape index (κ3) is 6.51. The van der Waals surface area contributed by atoms with Crippen LogP contribution < -0.4 is 14.8 Å². The average molecular weight is 372 g/mol. The monoisotopic (exact) mass is 372 g/mol. The Hall–Kier alpha value is -3.27. The number of allylic oxidation sites excluding steroid dienone is 1. The van der Waals surface area contributed by atoms with Crippen molar-refractivity contribution in [2.45, 2.75) is 26.3 Å². The fourth-order valence-electron chi connectivity index (χ4n) is 2.23. The molecular formula is C20H24N2O5. The highest BCUT2D eigenvalue weighted by molar-refractivity contribution is 6.01. The number of ether oxygens (including phenoxy) is 3. The zero-order valence-corrected chi connectivity index (χ0v) is 16.0. The molecule has 0 unspecified atom stereocenters. The Labute approximate surface area is 159 Å². The van der Waals surface area contributed by atoms with E-state index in [2.05, 4.69) is 16.6 Å². The Kier molecular flexibility index (Phi) is 8.60. The van der Waals surface area contributed by atoms with Gasteiger partial charge in [0.05, 0.1) is 14.2 Å². The SMILES string of the molecule is C=CCc1cc(/C=C(/C#N)C(=O)NC(C)C)cc(OC)c1OCC(=O)OC. The first-order valence-electron chi connectivity index (χ1n) is 8.30. The topological polar surface area (TPSA) is 97.7 Å². The maximum Gasteiger partial charge on any atom is 0.343 e. The molecule has 0 aliphatic carbocycles. The number of hydrogen-bond donors (Lipinski definition) is 1. The number of hydrogen-bond acceptors (Lipinski definition) is 6. The molecule has 0 aliphatic heterocycles. The number of nitrogens with one attached hydrogen (secondary N) is 1. The third-order valence-electron chi connectivity index (χ3n) is 3.40. The van der Waals surface area contributed by atoms with E-state index in [1.165, 1.54) is 20.3 Å². The van der Waals surface area contributed by atoms with E-state index < -0.39 is 11.9 Å². The molecule has 1 rings (SSSR count). The number of carbonyl (C=O) groups excluding carboxylic acids is 2. The van der Waals surface area contributed by atoms with Gasteiger partial charge in [0.2, 0.25) is 0 Å². The number of benzene rings is 1. The summed E-state index contributed by atoms with van der Waals surface area (Å²) in [5, 5.41) is 12.0. The van der Waals surface area contributed by atoms with E-state index in [4.69, 9.17) is 9.47 Å². The van der Waals surface area contributed by atoms with Crippen LogP contribution in [-0.2, 0) is 20.7 Å². The van der Waals surface area contributed by atoms with Crippen LogP contribution in [0.3, 0.4) is 0 Å². The first-order valence-corrected chi connectivity index (χ1v) is 8.30. The smallest absolute Gasteiger partial charge is 0.343 e. The lowest BCUT2D eigenvalue weighted by Crippen LogP contribution is -2.30. The van der Waals surface area contributed by atoms with Crippen molar-refractivity contribution in [1.82, 2.24) is 5.32 Å². The Bertz CT molecular complexity index is 775. The average Bonchev–Trinajstić information content (AvgIpc) is 2.63. The number of esters is 1. The predicted octanol–water partition coefficient (Wildman–Crippen LogP) is 2.41. The van der Waals surface area contributed by atoms with Gasteiger partial charge >= 0.3 is 5.97 Å². The lowest BCUT2D eigenvalue weighted by atomic mass is 10.0. The van der Waals surface area contributed by atoms with Gasteiger partial charge in [-0.25, -0.2) is 4.79 Å². The third-order valence-corrected chi connectivity index (χ3v) is 3.40. The molecule has 0 bridgehead atoms. The molecule has 27 heavy (non-hydrogen) atoms. The van der Waals surface area contributed by atoms with Crippen molar-refractivity contribution < 1.29 is 23.8 Å². The van der Waals surface area contributed by atoms with Crippen LogP contribution in [0, 0.1) is 11.3 Å². The van der Waals surface area contributed by atoms with Crippen LogP contribution >= 0.6 is 0 Å². The van der Waals surface area contributed by atoms with Gasteiger partial charge in [0.1, 0.15) is 11.6 Å². The number of amides is 1. The highest BCUT2D eigenvalue weighted by Crippen LogP contribution is 2.34. The molecule has 0 saturated heterocycles. The van der Waals surface area contributed by atoms with Crippen molar-refractivity contribution in [2.24, 2.45) is 0 Å². The van der Waals surface area contributed by atoms with Crippen LogP contribution in [0.4, 0.5) is 0 Å². The van der Waals surface area contributed by atoms with E-state index in [-0.39, 0.29) is 18.2 Å². The lowest BCUT2D eigenvalue weighted by Gasteiger charge is -2.15. The van der Waals surface area contributed by atoms with Gasteiger partial charge in [-0.2, -0.15) is 5.26 Å². The van der Waals surface area contributed by atoms with Gasteiger partial charge < -0.3 is 19.5 Å². The zero-order chi connectivity index (χ0) is 20.4. The molecule has 1 amide bonds. The van der Waals surface area contributed by atoms with Crippen molar-refractivity contribution in [1.29, 1.82) is 5.26 Å². The van der Waals surface area contributed by atoms with Gasteiger partial charge in [-0.15, -0.1) is 6.58 Å². The molecule has 0 atom stereocenters. The van der Waals surface area contributed by atoms with Crippen LogP contribution in [0.15, 0.2) is 30.4 Å². The molecule has 0 aliphatic rings. The van der Waals surface area contributed by atoms with E-state index in [0.29, 0.717) is 29.0 Å². The van der Waals surface area contributed by atoms with Crippen LogP contribution in [0.5, 0.6) is 11.5 Å². The number of carbonyl (C=O) groups is 2. The molecule has 1 aromatic carbocycles. The fourth-order valence-corrected chi connectivity index (χ4v) is 2.23. The predicted molar refractivity (Wildman–Crippen MR) is 101 cm³/mol. The summed E-state index contributed by atoms with van der Waals surface area (Å²) in [6.07, 6.45) is 3.58. The van der Waals surface area contributed by atoms with E-state index in [9.17, 15) is 14.9 Å². The van der Waals surface area contributed by atoms with Crippen LogP contribution in [-0.4, -0.2) is 38.7 Å². The van der Waals surface area contributed by atoms with E-state index in [1.807, 2.05) is 19.9 Å². The minimum atomic E-state index is -0.525. The normalized spacial score (nSPS) is 10.7. The summed E-state index contributed by atoms with van der Waals surface area (Å²) in [5.74, 6) is -0.235. The largest absolute Gasteiger partial charge is 0.493 e. The molecule has 144 valence electrons. The highest BCUT2D eigenvalue weighted by Gasteiger charge is 2.16. The summed E-state index contributed by atoms with van der Waals surface area (Å²) in [5.41, 5.74) is 1.25. The highest BCUT2D eigenvalue weighted by atomic mass is 16.6. The van der Waals surface area contributed by atoms with Gasteiger partial charge in [-0.3, -0.25) is 4.79 Å². The van der Waals surface area contributed by atoms with Crippen molar-refractivity contribution in [2.75, 3.05) is 20.8 Å². The summed E-state index contributed by atoms with van der Waals surface area (Å²) in [6.45, 7) is 7.06. The Balaban J connectivity index is 3.33. The quantitative estimate of drug-likeness (QED) is 0.309. The number of methoxy groups -OCH3 is 2. The number of nitriles is 1. The van der Waals surface area contributed by atoms with E-state index >= 15 is 0 Å². The Morgan fingerprint density at radius 2 is 2.04 bits per heavy atom. The number of rotatable bonds is 9. The molecule has 0 radical (unpaired) electrons. The molecule has 0 fully saturated rings. The van der Waals surface area contributed by atoms with Gasteiger partial charge in [0.25, 0.3) is 5.91 Å². The van der Waals surface area contributed by atoms with Crippen molar-refractivity contribution in [3.8, 4) is 17.6 Å². The molecule has 7 heteroatoms. The zero-order valence-electron chi connectivity index (χ0n) is 16.0. The van der Waals surface area contributed by atoms with Crippen molar-refractivity contribution in [3.63, 3.8) is 0 Å².